The van der Waals surface area contributed by atoms with Crippen molar-refractivity contribution in [1.29, 1.82) is 0 Å². The molecule has 2 rings (SSSR count). The summed E-state index contributed by atoms with van der Waals surface area (Å²) < 4.78 is 1.95. The van der Waals surface area contributed by atoms with E-state index in [-0.39, 0.29) is 6.04 Å². The molecule has 0 fully saturated rings. The van der Waals surface area contributed by atoms with E-state index in [1.54, 1.807) is 6.20 Å². The molecule has 0 unspecified atom stereocenters. The molecule has 0 saturated carbocycles. The molecule has 1 aromatic carbocycles. The van der Waals surface area contributed by atoms with Crippen LogP contribution in [0.15, 0.2) is 47.7 Å². The fourth-order valence-electron chi connectivity index (χ4n) is 1.50. The van der Waals surface area contributed by atoms with Gasteiger partial charge in [0.2, 0.25) is 0 Å². The fourth-order valence-corrected chi connectivity index (χ4v) is 1.50. The Kier molecular flexibility index (Phi) is 3.15. The summed E-state index contributed by atoms with van der Waals surface area (Å²) in [4.78, 5) is 8.68. The third-order valence-electron chi connectivity index (χ3n) is 2.55. The molecule has 0 aliphatic heterocycles. The quantitative estimate of drug-likeness (QED) is 0.721. The summed E-state index contributed by atoms with van der Waals surface area (Å²) in [6.45, 7) is 2.08. The predicted octanol–water partition coefficient (Wildman–Crippen LogP) is 2.60. The van der Waals surface area contributed by atoms with Crippen molar-refractivity contribution in [3.63, 3.8) is 0 Å². The molecule has 3 heteroatoms. The number of hydrogen-bond donors (Lipinski definition) is 0. The smallest absolute Gasteiger partial charge is 0.150 e. The minimum atomic E-state index is 0.165. The Labute approximate surface area is 95.5 Å². The summed E-state index contributed by atoms with van der Waals surface area (Å²) in [5, 5.41) is 0. The van der Waals surface area contributed by atoms with Crippen LogP contribution in [-0.4, -0.2) is 15.8 Å². The summed E-state index contributed by atoms with van der Waals surface area (Å²) in [5.74, 6) is 0.878. The maximum absolute atomic E-state index is 4.49. The van der Waals surface area contributed by atoms with E-state index in [1.165, 1.54) is 5.56 Å². The first-order valence-corrected chi connectivity index (χ1v) is 5.33. The maximum atomic E-state index is 4.49. The average Bonchev–Trinajstić information content (AvgIpc) is 2.73. The van der Waals surface area contributed by atoms with Crippen molar-refractivity contribution in [2.24, 2.45) is 12.0 Å². The largest absolute Gasteiger partial charge is 0.333 e. The van der Waals surface area contributed by atoms with Gasteiger partial charge in [-0.15, -0.1) is 0 Å². The highest BCUT2D eigenvalue weighted by molar-refractivity contribution is 5.74. The van der Waals surface area contributed by atoms with E-state index in [2.05, 4.69) is 29.0 Å². The first kappa shape index (κ1) is 10.6. The molecule has 0 aliphatic rings. The van der Waals surface area contributed by atoms with Gasteiger partial charge in [0, 0.05) is 19.4 Å². The lowest BCUT2D eigenvalue weighted by molar-refractivity contribution is 0.818. The molecule has 0 radical (unpaired) electrons. The Hall–Kier alpha value is -1.90. The molecular weight excluding hydrogens is 198 g/mol. The molecule has 1 aromatic heterocycles. The lowest BCUT2D eigenvalue weighted by Gasteiger charge is -2.05. The topological polar surface area (TPSA) is 30.2 Å². The number of aryl methyl sites for hydroxylation is 1. The van der Waals surface area contributed by atoms with Gasteiger partial charge in [-0.3, -0.25) is 4.99 Å². The van der Waals surface area contributed by atoms with Gasteiger partial charge in [-0.05, 0) is 12.5 Å². The highest BCUT2D eigenvalue weighted by Crippen LogP contribution is 2.15. The first-order valence-electron chi connectivity index (χ1n) is 5.33. The number of rotatable bonds is 3. The second-order valence-corrected chi connectivity index (χ2v) is 3.76. The molecule has 3 nitrogen and oxygen atoms in total. The van der Waals surface area contributed by atoms with Gasteiger partial charge in [0.25, 0.3) is 0 Å². The van der Waals surface area contributed by atoms with Gasteiger partial charge in [-0.25, -0.2) is 4.98 Å². The van der Waals surface area contributed by atoms with E-state index in [0.29, 0.717) is 0 Å². The van der Waals surface area contributed by atoms with Crippen LogP contribution in [-0.2, 0) is 7.05 Å². The van der Waals surface area contributed by atoms with Crippen LogP contribution in [0.25, 0.3) is 0 Å². The van der Waals surface area contributed by atoms with Crippen molar-refractivity contribution in [3.8, 4) is 0 Å². The molecule has 1 heterocycles. The van der Waals surface area contributed by atoms with Gasteiger partial charge < -0.3 is 4.57 Å². The normalized spacial score (nSPS) is 13.1. The summed E-state index contributed by atoms with van der Waals surface area (Å²) in [7, 11) is 1.96. The lowest BCUT2D eigenvalue weighted by atomic mass is 10.1. The van der Waals surface area contributed by atoms with Crippen molar-refractivity contribution >= 4 is 6.21 Å². The second-order valence-electron chi connectivity index (χ2n) is 3.76. The molecule has 0 amide bonds. The molecule has 1 atom stereocenters. The zero-order valence-electron chi connectivity index (χ0n) is 9.54. The predicted molar refractivity (Wildman–Crippen MR) is 65.7 cm³/mol. The monoisotopic (exact) mass is 213 g/mol. The number of benzene rings is 1. The molecule has 16 heavy (non-hydrogen) atoms. The zero-order chi connectivity index (χ0) is 11.4. The van der Waals surface area contributed by atoms with Crippen LogP contribution in [0.5, 0.6) is 0 Å². The van der Waals surface area contributed by atoms with Gasteiger partial charge >= 0.3 is 0 Å². The molecular formula is C13H15N3. The van der Waals surface area contributed by atoms with E-state index in [4.69, 9.17) is 0 Å². The van der Waals surface area contributed by atoms with Crippen molar-refractivity contribution in [3.05, 3.63) is 54.1 Å². The fraction of sp³-hybridized carbons (Fsp3) is 0.231. The molecule has 2 aromatic rings. The number of imidazole rings is 1. The van der Waals surface area contributed by atoms with Gasteiger partial charge in [-0.1, -0.05) is 30.3 Å². The Morgan fingerprint density at radius 2 is 2.06 bits per heavy atom. The molecule has 0 spiro atoms. The van der Waals surface area contributed by atoms with E-state index in [9.17, 15) is 0 Å². The Morgan fingerprint density at radius 1 is 1.31 bits per heavy atom. The van der Waals surface area contributed by atoms with Crippen molar-refractivity contribution < 1.29 is 0 Å². The highest BCUT2D eigenvalue weighted by Gasteiger charge is 2.01. The first-order chi connectivity index (χ1) is 7.77. The summed E-state index contributed by atoms with van der Waals surface area (Å²) in [5.41, 5.74) is 1.22. The number of aliphatic imine (C=N–C) groups is 1. The minimum absolute atomic E-state index is 0.165. The number of nitrogens with zero attached hydrogens (tertiary/aromatic N) is 3. The van der Waals surface area contributed by atoms with Gasteiger partial charge in [0.1, 0.15) is 5.82 Å². The van der Waals surface area contributed by atoms with E-state index >= 15 is 0 Å². The molecule has 82 valence electrons. The highest BCUT2D eigenvalue weighted by atomic mass is 15.0. The van der Waals surface area contributed by atoms with Gasteiger partial charge in [0.15, 0.2) is 0 Å². The van der Waals surface area contributed by atoms with Crippen LogP contribution >= 0.6 is 0 Å². The average molecular weight is 213 g/mol. The van der Waals surface area contributed by atoms with Crippen molar-refractivity contribution in [2.75, 3.05) is 0 Å². The summed E-state index contributed by atoms with van der Waals surface area (Å²) in [6.07, 6.45) is 5.50. The van der Waals surface area contributed by atoms with Gasteiger partial charge in [0.05, 0.1) is 12.3 Å². The maximum Gasteiger partial charge on any atom is 0.150 e. The second kappa shape index (κ2) is 4.75. The van der Waals surface area contributed by atoms with E-state index in [1.807, 2.05) is 42.2 Å². The number of aromatic nitrogens is 2. The minimum Gasteiger partial charge on any atom is -0.333 e. The van der Waals surface area contributed by atoms with E-state index in [0.717, 1.165) is 5.82 Å². The van der Waals surface area contributed by atoms with E-state index < -0.39 is 0 Å². The lowest BCUT2D eigenvalue weighted by Crippen LogP contribution is -1.97. The van der Waals surface area contributed by atoms with Crippen LogP contribution in [0.2, 0.25) is 0 Å². The molecule has 0 bridgehead atoms. The van der Waals surface area contributed by atoms with Crippen LogP contribution < -0.4 is 0 Å². The van der Waals surface area contributed by atoms with Crippen LogP contribution in [0, 0.1) is 0 Å². The Bertz CT molecular complexity index is 471. The summed E-state index contributed by atoms with van der Waals surface area (Å²) in [6, 6.07) is 10.4. The molecule has 0 saturated heterocycles. The Morgan fingerprint density at radius 3 is 2.69 bits per heavy atom. The van der Waals surface area contributed by atoms with Crippen LogP contribution in [0.4, 0.5) is 0 Å². The van der Waals surface area contributed by atoms with Gasteiger partial charge in [-0.2, -0.15) is 0 Å². The van der Waals surface area contributed by atoms with Crippen molar-refractivity contribution in [1.82, 2.24) is 9.55 Å². The number of hydrogen-bond acceptors (Lipinski definition) is 2. The summed E-state index contributed by atoms with van der Waals surface area (Å²) >= 11 is 0. The standard InChI is InChI=1S/C13H15N3/c1-11(12-6-4-3-5-7-12)15-10-13-14-8-9-16(13)2/h3-11H,1-2H3/t11-/m1/s1. The van der Waals surface area contributed by atoms with Crippen molar-refractivity contribution in [2.45, 2.75) is 13.0 Å². The van der Waals surface area contributed by atoms with Crippen LogP contribution in [0.3, 0.4) is 0 Å². The van der Waals surface area contributed by atoms with Crippen LogP contribution in [0.1, 0.15) is 24.4 Å². The third-order valence-corrected chi connectivity index (χ3v) is 2.55. The molecule has 0 aliphatic carbocycles. The SMILES string of the molecule is C[C@@H](N=Cc1nccn1C)c1ccccc1. The third kappa shape index (κ3) is 2.37. The Balaban J connectivity index is 2.11. The molecule has 0 N–H and O–H groups in total. The zero-order valence-corrected chi connectivity index (χ0v) is 9.54.